The van der Waals surface area contributed by atoms with Crippen LogP contribution in [0.1, 0.15) is 55.5 Å². The van der Waals surface area contributed by atoms with Crippen LogP contribution in [0.5, 0.6) is 0 Å². The van der Waals surface area contributed by atoms with Crippen LogP contribution in [0.3, 0.4) is 0 Å². The number of ether oxygens (including phenoxy) is 2. The van der Waals surface area contributed by atoms with E-state index in [2.05, 4.69) is 44.8 Å². The molecule has 1 saturated heterocycles. The fourth-order valence-corrected chi connectivity index (χ4v) is 6.31. The van der Waals surface area contributed by atoms with E-state index in [0.29, 0.717) is 51.9 Å². The number of carbonyl (C=O) groups excluding carboxylic acids is 3. The highest BCUT2D eigenvalue weighted by Gasteiger charge is 2.28. The molecule has 2 aromatic carbocycles. The lowest BCUT2D eigenvalue weighted by Gasteiger charge is -2.30. The molecule has 1 aliphatic heterocycles. The van der Waals surface area contributed by atoms with Gasteiger partial charge in [0.25, 0.3) is 0 Å². The summed E-state index contributed by atoms with van der Waals surface area (Å²) in [6, 6.07) is 19.2. The van der Waals surface area contributed by atoms with Gasteiger partial charge < -0.3 is 25.0 Å². The predicted octanol–water partition coefficient (Wildman–Crippen LogP) is 5.72. The first-order valence-corrected chi connectivity index (χ1v) is 17.9. The summed E-state index contributed by atoms with van der Waals surface area (Å²) in [5, 5.41) is 6.15. The van der Waals surface area contributed by atoms with E-state index < -0.39 is 12.1 Å². The number of carbonyl (C=O) groups is 3. The van der Waals surface area contributed by atoms with Crippen molar-refractivity contribution < 1.29 is 23.9 Å². The molecule has 3 atom stereocenters. The highest BCUT2D eigenvalue weighted by molar-refractivity contribution is 7.09. The monoisotopic (exact) mass is 677 g/mol. The quantitative estimate of drug-likeness (QED) is 0.177. The summed E-state index contributed by atoms with van der Waals surface area (Å²) in [7, 11) is 1.75. The molecule has 1 aromatic heterocycles. The molecule has 0 spiro atoms. The van der Waals surface area contributed by atoms with Gasteiger partial charge in [-0.1, -0.05) is 60.7 Å². The van der Waals surface area contributed by atoms with Gasteiger partial charge >= 0.3 is 12.1 Å². The van der Waals surface area contributed by atoms with E-state index in [0.717, 1.165) is 35.5 Å². The van der Waals surface area contributed by atoms with Crippen molar-refractivity contribution in [1.29, 1.82) is 0 Å². The van der Waals surface area contributed by atoms with Crippen LogP contribution in [-0.2, 0) is 33.7 Å². The number of thiazole rings is 1. The Kier molecular flexibility index (Phi) is 15.3. The molecular weight excluding hydrogens is 627 g/mol. The van der Waals surface area contributed by atoms with Crippen LogP contribution < -0.4 is 10.6 Å². The van der Waals surface area contributed by atoms with Crippen molar-refractivity contribution in [2.75, 3.05) is 39.9 Å². The molecule has 48 heavy (non-hydrogen) atoms. The lowest BCUT2D eigenvalue weighted by atomic mass is 9.86. The molecule has 2 heterocycles. The number of rotatable bonds is 18. The topological polar surface area (TPSA) is 113 Å². The number of aromatic nitrogens is 1. The number of hydrogen-bond donors (Lipinski definition) is 2. The second kappa shape index (κ2) is 19.9. The highest BCUT2D eigenvalue weighted by atomic mass is 32.1. The minimum absolute atomic E-state index is 0.00791. The molecule has 1 fully saturated rings. The summed E-state index contributed by atoms with van der Waals surface area (Å²) >= 11 is 1.44. The van der Waals surface area contributed by atoms with Crippen molar-refractivity contribution in [3.8, 4) is 0 Å². The van der Waals surface area contributed by atoms with E-state index in [-0.39, 0.29) is 36.4 Å². The third-order valence-corrected chi connectivity index (χ3v) is 9.63. The molecule has 4 rings (SSSR count). The van der Waals surface area contributed by atoms with Gasteiger partial charge in [-0.2, -0.15) is 0 Å². The van der Waals surface area contributed by atoms with Gasteiger partial charge in [0.1, 0.15) is 6.61 Å². The van der Waals surface area contributed by atoms with Gasteiger partial charge in [0.05, 0.1) is 29.6 Å². The SMILES string of the molecule is CC(C)N(C)C(=O)N[C@H](CCN1CCOCC1)C(=O)C[C@@H](CC[C@@H](Cc1ccccc1)NC(=O)OCc1cncs1)Cc1ccccc1. The molecule has 0 unspecified atom stereocenters. The van der Waals surface area contributed by atoms with Crippen LogP contribution in [-0.4, -0.2) is 90.7 Å². The van der Waals surface area contributed by atoms with Crippen molar-refractivity contribution in [3.05, 3.63) is 88.4 Å². The third kappa shape index (κ3) is 13.0. The maximum atomic E-state index is 14.1. The molecule has 3 aromatic rings. The van der Waals surface area contributed by atoms with Gasteiger partial charge in [-0.3, -0.25) is 14.7 Å². The molecule has 10 nitrogen and oxygen atoms in total. The summed E-state index contributed by atoms with van der Waals surface area (Å²) in [4.78, 5) is 48.9. The van der Waals surface area contributed by atoms with Gasteiger partial charge in [-0.15, -0.1) is 11.3 Å². The van der Waals surface area contributed by atoms with Crippen LogP contribution in [0, 0.1) is 5.92 Å². The molecule has 11 heteroatoms. The van der Waals surface area contributed by atoms with Gasteiger partial charge in [-0.25, -0.2) is 9.59 Å². The average Bonchev–Trinajstić information content (AvgIpc) is 3.63. The molecule has 1 aliphatic rings. The first-order valence-electron chi connectivity index (χ1n) is 17.0. The summed E-state index contributed by atoms with van der Waals surface area (Å²) in [6.07, 6.45) is 4.82. The Labute approximate surface area is 289 Å². The Balaban J connectivity index is 1.46. The second-order valence-electron chi connectivity index (χ2n) is 12.8. The van der Waals surface area contributed by atoms with Crippen LogP contribution in [0.25, 0.3) is 0 Å². The first kappa shape index (κ1) is 37.0. The number of ketones is 1. The summed E-state index contributed by atoms with van der Waals surface area (Å²) in [5.74, 6) is 0.0463. The maximum Gasteiger partial charge on any atom is 0.407 e. The molecule has 260 valence electrons. The predicted molar refractivity (Wildman–Crippen MR) is 189 cm³/mol. The number of amides is 3. The molecule has 0 bridgehead atoms. The van der Waals surface area contributed by atoms with Crippen molar-refractivity contribution in [2.45, 2.75) is 77.1 Å². The number of Topliss-reactive ketones (excluding diaryl/α,β-unsaturated/α-hetero) is 1. The normalized spacial score (nSPS) is 15.3. The fourth-order valence-electron chi connectivity index (χ4n) is 5.81. The third-order valence-electron chi connectivity index (χ3n) is 8.88. The summed E-state index contributed by atoms with van der Waals surface area (Å²) in [5.41, 5.74) is 3.98. The van der Waals surface area contributed by atoms with E-state index in [4.69, 9.17) is 9.47 Å². The van der Waals surface area contributed by atoms with E-state index in [1.165, 1.54) is 11.3 Å². The van der Waals surface area contributed by atoms with Crippen LogP contribution >= 0.6 is 11.3 Å². The average molecular weight is 678 g/mol. The smallest absolute Gasteiger partial charge is 0.407 e. The lowest BCUT2D eigenvalue weighted by Crippen LogP contribution is -2.50. The minimum Gasteiger partial charge on any atom is -0.444 e. The lowest BCUT2D eigenvalue weighted by molar-refractivity contribution is -0.122. The number of nitrogens with zero attached hydrogens (tertiary/aromatic N) is 3. The zero-order valence-electron chi connectivity index (χ0n) is 28.5. The van der Waals surface area contributed by atoms with Crippen LogP contribution in [0.2, 0.25) is 0 Å². The Morgan fingerprint density at radius 3 is 2.23 bits per heavy atom. The van der Waals surface area contributed by atoms with E-state index in [9.17, 15) is 14.4 Å². The number of morpholine rings is 1. The zero-order chi connectivity index (χ0) is 34.1. The van der Waals surface area contributed by atoms with E-state index in [1.54, 1.807) is 23.7 Å². The van der Waals surface area contributed by atoms with E-state index in [1.807, 2.05) is 50.2 Å². The van der Waals surface area contributed by atoms with Crippen molar-refractivity contribution >= 4 is 29.2 Å². The number of alkyl carbamates (subject to hydrolysis) is 1. The number of urea groups is 1. The number of benzene rings is 2. The molecule has 3 amide bonds. The fraction of sp³-hybridized carbons (Fsp3) is 0.514. The Bertz CT molecular complexity index is 1370. The standard InChI is InChI=1S/C37H51N5O5S/c1-28(2)41(3)36(44)40-34(16-17-42-18-20-46-21-19-42)35(43)24-31(22-29-10-6-4-7-11-29)14-15-32(23-30-12-8-5-9-13-30)39-37(45)47-26-33-25-38-27-48-33/h4-13,25,27-28,31-32,34H,14-24,26H2,1-3H3,(H,39,45)(H,40,44)/t31-,32-,34+/m0/s1. The molecule has 0 saturated carbocycles. The van der Waals surface area contributed by atoms with Crippen molar-refractivity contribution in [3.63, 3.8) is 0 Å². The van der Waals surface area contributed by atoms with Crippen LogP contribution in [0.4, 0.5) is 9.59 Å². The minimum atomic E-state index is -0.597. The zero-order valence-corrected chi connectivity index (χ0v) is 29.3. The van der Waals surface area contributed by atoms with Crippen LogP contribution in [0.15, 0.2) is 72.4 Å². The number of nitrogens with one attached hydrogen (secondary N) is 2. The maximum absolute atomic E-state index is 14.1. The summed E-state index contributed by atoms with van der Waals surface area (Å²) in [6.45, 7) is 7.78. The Morgan fingerprint density at radius 1 is 0.938 bits per heavy atom. The largest absolute Gasteiger partial charge is 0.444 e. The first-order chi connectivity index (χ1) is 23.3. The summed E-state index contributed by atoms with van der Waals surface area (Å²) < 4.78 is 11.0. The van der Waals surface area contributed by atoms with Gasteiger partial charge in [0.15, 0.2) is 5.78 Å². The van der Waals surface area contributed by atoms with Gasteiger partial charge in [-0.05, 0) is 63.0 Å². The molecule has 0 aliphatic carbocycles. The molecular formula is C37H51N5O5S. The Hall–Kier alpha value is -3.80. The number of hydrogen-bond acceptors (Lipinski definition) is 8. The van der Waals surface area contributed by atoms with Crippen molar-refractivity contribution in [2.24, 2.45) is 5.92 Å². The Morgan fingerprint density at radius 2 is 1.60 bits per heavy atom. The molecule has 0 radical (unpaired) electrons. The molecule has 2 N–H and O–H groups in total. The van der Waals surface area contributed by atoms with E-state index >= 15 is 0 Å². The second-order valence-corrected chi connectivity index (χ2v) is 13.8. The van der Waals surface area contributed by atoms with Gasteiger partial charge in [0.2, 0.25) is 0 Å². The van der Waals surface area contributed by atoms with Crippen molar-refractivity contribution in [1.82, 2.24) is 25.4 Å². The highest BCUT2D eigenvalue weighted by Crippen LogP contribution is 2.22. The van der Waals surface area contributed by atoms with Gasteiger partial charge in [0, 0.05) is 51.4 Å².